The van der Waals surface area contributed by atoms with Gasteiger partial charge >= 0.3 is 0 Å². The number of carbonyl (C=O) groups is 1. The first kappa shape index (κ1) is 21.7. The molecule has 0 aliphatic rings. The fourth-order valence-electron chi connectivity index (χ4n) is 3.41. The number of hydrogen-bond donors (Lipinski definition) is 2. The summed E-state index contributed by atoms with van der Waals surface area (Å²) in [5, 5.41) is 7.78. The van der Waals surface area contributed by atoms with Gasteiger partial charge in [0, 0.05) is 11.7 Å². The van der Waals surface area contributed by atoms with Gasteiger partial charge in [-0.15, -0.1) is 0 Å². The molecular weight excluding hydrogens is 430 g/mol. The molecule has 0 atom stereocenters. The van der Waals surface area contributed by atoms with E-state index in [1.807, 2.05) is 13.8 Å². The Morgan fingerprint density at radius 3 is 2.62 bits per heavy atom. The summed E-state index contributed by atoms with van der Waals surface area (Å²) in [6.07, 6.45) is 3.14. The van der Waals surface area contributed by atoms with E-state index in [4.69, 9.17) is 4.42 Å². The van der Waals surface area contributed by atoms with Crippen molar-refractivity contribution in [2.24, 2.45) is 0 Å². The van der Waals surface area contributed by atoms with Gasteiger partial charge in [0.05, 0.1) is 28.3 Å². The fraction of sp³-hybridized carbons (Fsp3) is 0.227. The highest BCUT2D eigenvalue weighted by Crippen LogP contribution is 2.28. The molecule has 32 heavy (non-hydrogen) atoms. The highest BCUT2D eigenvalue weighted by atomic mass is 32.2. The number of aryl methyl sites for hydroxylation is 1. The van der Waals surface area contributed by atoms with Gasteiger partial charge in [-0.05, 0) is 63.7 Å². The van der Waals surface area contributed by atoms with Crippen LogP contribution in [0.2, 0.25) is 0 Å². The van der Waals surface area contributed by atoms with E-state index in [2.05, 4.69) is 20.1 Å². The Morgan fingerprint density at radius 2 is 1.97 bits per heavy atom. The van der Waals surface area contributed by atoms with E-state index in [1.165, 1.54) is 19.4 Å². The first-order valence-corrected chi connectivity index (χ1v) is 11.5. The van der Waals surface area contributed by atoms with E-state index in [-0.39, 0.29) is 10.9 Å². The molecule has 0 unspecified atom stereocenters. The minimum Gasteiger partial charge on any atom is -0.463 e. The third kappa shape index (κ3) is 3.90. The Morgan fingerprint density at radius 1 is 1.19 bits per heavy atom. The van der Waals surface area contributed by atoms with E-state index in [1.54, 1.807) is 48.1 Å². The van der Waals surface area contributed by atoms with Gasteiger partial charge in [-0.1, -0.05) is 6.07 Å². The smallest absolute Gasteiger partial charge is 0.256 e. The number of aromatic nitrogens is 3. The molecule has 4 rings (SSSR count). The van der Waals surface area contributed by atoms with Crippen LogP contribution in [-0.4, -0.2) is 36.1 Å². The average Bonchev–Trinajstić information content (AvgIpc) is 3.44. The minimum absolute atomic E-state index is 0.0363. The predicted molar refractivity (Wildman–Crippen MR) is 121 cm³/mol. The first-order valence-electron chi connectivity index (χ1n) is 9.99. The molecule has 1 amide bonds. The number of hydrogen-bond acceptors (Lipinski definition) is 6. The SMILES string of the molecule is CNS(=O)(=O)c1cc(NC(=O)c2cc(-c3ccco3)nc3c2cnn3C(C)C)ccc1C. The lowest BCUT2D eigenvalue weighted by Gasteiger charge is -2.12. The molecular formula is C22H23N5O4S. The van der Waals surface area contributed by atoms with Crippen molar-refractivity contribution < 1.29 is 17.6 Å². The molecule has 1 aromatic carbocycles. The van der Waals surface area contributed by atoms with Gasteiger partial charge in [0.2, 0.25) is 10.0 Å². The third-order valence-electron chi connectivity index (χ3n) is 5.08. The Bertz CT molecular complexity index is 1410. The number of fused-ring (bicyclic) bond motifs is 1. The van der Waals surface area contributed by atoms with Crippen LogP contribution in [0.1, 0.15) is 35.8 Å². The maximum atomic E-state index is 13.3. The molecule has 3 aromatic heterocycles. The topological polar surface area (TPSA) is 119 Å². The van der Waals surface area contributed by atoms with Crippen molar-refractivity contribution in [3.8, 4) is 11.5 Å². The van der Waals surface area contributed by atoms with Crippen LogP contribution < -0.4 is 10.0 Å². The number of amides is 1. The van der Waals surface area contributed by atoms with Crippen LogP contribution in [0, 0.1) is 6.92 Å². The first-order chi connectivity index (χ1) is 15.2. The molecule has 0 radical (unpaired) electrons. The predicted octanol–water partition coefficient (Wildman–Crippen LogP) is 3.74. The molecule has 166 valence electrons. The molecule has 3 heterocycles. The van der Waals surface area contributed by atoms with Crippen molar-refractivity contribution in [3.05, 3.63) is 60.0 Å². The number of sulfonamides is 1. The van der Waals surface area contributed by atoms with Crippen molar-refractivity contribution in [2.75, 3.05) is 12.4 Å². The molecule has 0 aliphatic carbocycles. The number of anilines is 1. The fourth-order valence-corrected chi connectivity index (χ4v) is 4.40. The summed E-state index contributed by atoms with van der Waals surface area (Å²) in [5.41, 5.74) is 2.34. The summed E-state index contributed by atoms with van der Waals surface area (Å²) >= 11 is 0. The average molecular weight is 454 g/mol. The molecule has 0 bridgehead atoms. The molecule has 10 heteroatoms. The number of nitrogens with one attached hydrogen (secondary N) is 2. The molecule has 0 fully saturated rings. The number of benzene rings is 1. The Hall–Kier alpha value is -3.50. The summed E-state index contributed by atoms with van der Waals surface area (Å²) in [5.74, 6) is 0.111. The maximum Gasteiger partial charge on any atom is 0.256 e. The summed E-state index contributed by atoms with van der Waals surface area (Å²) in [7, 11) is -2.32. The van der Waals surface area contributed by atoms with Crippen LogP contribution >= 0.6 is 0 Å². The van der Waals surface area contributed by atoms with E-state index in [9.17, 15) is 13.2 Å². The Kier molecular flexibility index (Phi) is 5.57. The molecule has 0 spiro atoms. The van der Waals surface area contributed by atoms with Crippen molar-refractivity contribution >= 4 is 32.7 Å². The van der Waals surface area contributed by atoms with Crippen LogP contribution in [-0.2, 0) is 10.0 Å². The number of carbonyl (C=O) groups excluding carboxylic acids is 1. The summed E-state index contributed by atoms with van der Waals surface area (Å²) in [4.78, 5) is 18.0. The number of pyridine rings is 1. The molecule has 0 saturated heterocycles. The second-order valence-electron chi connectivity index (χ2n) is 7.59. The van der Waals surface area contributed by atoms with E-state index < -0.39 is 15.9 Å². The quantitative estimate of drug-likeness (QED) is 0.459. The molecule has 2 N–H and O–H groups in total. The van der Waals surface area contributed by atoms with Gasteiger partial charge in [0.15, 0.2) is 11.4 Å². The lowest BCUT2D eigenvalue weighted by molar-refractivity contribution is 0.102. The second kappa shape index (κ2) is 8.21. The van der Waals surface area contributed by atoms with Gasteiger partial charge in [-0.2, -0.15) is 5.10 Å². The highest BCUT2D eigenvalue weighted by molar-refractivity contribution is 7.89. The summed E-state index contributed by atoms with van der Waals surface area (Å²) in [6, 6.07) is 9.93. The monoisotopic (exact) mass is 453 g/mol. The van der Waals surface area contributed by atoms with Gasteiger partial charge in [0.1, 0.15) is 5.69 Å². The van der Waals surface area contributed by atoms with Gasteiger partial charge in [-0.25, -0.2) is 22.8 Å². The molecule has 4 aromatic rings. The summed E-state index contributed by atoms with van der Waals surface area (Å²) in [6.45, 7) is 5.64. The van der Waals surface area contributed by atoms with Gasteiger partial charge < -0.3 is 9.73 Å². The third-order valence-corrected chi connectivity index (χ3v) is 6.63. The zero-order chi connectivity index (χ0) is 23.0. The number of nitrogens with zero attached hydrogens (tertiary/aromatic N) is 3. The van der Waals surface area contributed by atoms with Crippen molar-refractivity contribution in [2.45, 2.75) is 31.7 Å². The van der Waals surface area contributed by atoms with E-state index in [0.717, 1.165) is 0 Å². The van der Waals surface area contributed by atoms with Crippen LogP contribution in [0.3, 0.4) is 0 Å². The van der Waals surface area contributed by atoms with Crippen molar-refractivity contribution in [3.63, 3.8) is 0 Å². The van der Waals surface area contributed by atoms with Crippen LogP contribution in [0.4, 0.5) is 5.69 Å². The normalized spacial score (nSPS) is 11.9. The van der Waals surface area contributed by atoms with Gasteiger partial charge in [-0.3, -0.25) is 4.79 Å². The van der Waals surface area contributed by atoms with Crippen molar-refractivity contribution in [1.29, 1.82) is 0 Å². The molecule has 0 saturated carbocycles. The Labute approximate surface area is 185 Å². The largest absolute Gasteiger partial charge is 0.463 e. The maximum absolute atomic E-state index is 13.3. The molecule has 0 aliphatic heterocycles. The van der Waals surface area contributed by atoms with Crippen LogP contribution in [0.15, 0.2) is 58.2 Å². The number of rotatable bonds is 6. The lowest BCUT2D eigenvalue weighted by atomic mass is 10.1. The summed E-state index contributed by atoms with van der Waals surface area (Å²) < 4.78 is 34.1. The lowest BCUT2D eigenvalue weighted by Crippen LogP contribution is -2.20. The van der Waals surface area contributed by atoms with Gasteiger partial charge in [0.25, 0.3) is 5.91 Å². The zero-order valence-electron chi connectivity index (χ0n) is 18.1. The zero-order valence-corrected chi connectivity index (χ0v) is 18.9. The van der Waals surface area contributed by atoms with E-state index >= 15 is 0 Å². The minimum atomic E-state index is -3.67. The highest BCUT2D eigenvalue weighted by Gasteiger charge is 2.21. The molecule has 9 nitrogen and oxygen atoms in total. The second-order valence-corrected chi connectivity index (χ2v) is 9.45. The standard InChI is InChI=1S/C22H23N5O4S/c1-13(2)27-21-17(12-24-27)16(11-18(26-21)19-6-5-9-31-19)22(28)25-15-8-7-14(3)20(10-15)32(29,30)23-4/h5-13,23H,1-4H3,(H,25,28). The van der Waals surface area contributed by atoms with Crippen LogP contribution in [0.5, 0.6) is 0 Å². The van der Waals surface area contributed by atoms with E-state index in [0.29, 0.717) is 39.3 Å². The van der Waals surface area contributed by atoms with Crippen molar-refractivity contribution in [1.82, 2.24) is 19.5 Å². The van der Waals surface area contributed by atoms with Crippen LogP contribution in [0.25, 0.3) is 22.5 Å². The Balaban J connectivity index is 1.80. The number of furan rings is 1.